The van der Waals surface area contributed by atoms with Gasteiger partial charge in [-0.3, -0.25) is 0 Å². The smallest absolute Gasteiger partial charge is 0.130 e. The maximum atomic E-state index is 5.75. The first-order chi connectivity index (χ1) is 10.5. The molecule has 22 heavy (non-hydrogen) atoms. The van der Waals surface area contributed by atoms with E-state index >= 15 is 0 Å². The number of hydrogen-bond donors (Lipinski definition) is 0. The standard InChI is InChI=1S/C20H22O2/c1-11-9-13(3)19(21-5)17-15(11)7-8-16-12(2)10-14(4)20(22-6)18(16)17/h7-10H,1-6H3. The Morgan fingerprint density at radius 2 is 0.955 bits per heavy atom. The van der Waals surface area contributed by atoms with Crippen LogP contribution in [0.2, 0.25) is 0 Å². The Morgan fingerprint density at radius 3 is 1.27 bits per heavy atom. The number of rotatable bonds is 2. The van der Waals surface area contributed by atoms with E-state index in [-0.39, 0.29) is 0 Å². The summed E-state index contributed by atoms with van der Waals surface area (Å²) < 4.78 is 11.5. The van der Waals surface area contributed by atoms with Crippen LogP contribution in [0.4, 0.5) is 0 Å². The largest absolute Gasteiger partial charge is 0.496 e. The van der Waals surface area contributed by atoms with Gasteiger partial charge in [0.25, 0.3) is 0 Å². The van der Waals surface area contributed by atoms with Crippen molar-refractivity contribution in [3.63, 3.8) is 0 Å². The lowest BCUT2D eigenvalue weighted by Gasteiger charge is -2.18. The lowest BCUT2D eigenvalue weighted by Crippen LogP contribution is -1.96. The van der Waals surface area contributed by atoms with Crippen molar-refractivity contribution in [3.05, 3.63) is 46.5 Å². The monoisotopic (exact) mass is 294 g/mol. The summed E-state index contributed by atoms with van der Waals surface area (Å²) >= 11 is 0. The minimum Gasteiger partial charge on any atom is -0.496 e. The van der Waals surface area contributed by atoms with Gasteiger partial charge in [0.15, 0.2) is 0 Å². The van der Waals surface area contributed by atoms with Crippen LogP contribution < -0.4 is 9.47 Å². The average Bonchev–Trinajstić information content (AvgIpc) is 2.47. The number of methoxy groups -OCH3 is 2. The van der Waals surface area contributed by atoms with Crippen molar-refractivity contribution in [1.82, 2.24) is 0 Å². The lowest BCUT2D eigenvalue weighted by molar-refractivity contribution is 0.413. The zero-order chi connectivity index (χ0) is 16.0. The molecule has 0 saturated heterocycles. The predicted octanol–water partition coefficient (Wildman–Crippen LogP) is 5.24. The van der Waals surface area contributed by atoms with Gasteiger partial charge in [-0.1, -0.05) is 24.3 Å². The van der Waals surface area contributed by atoms with Gasteiger partial charge in [0.05, 0.1) is 14.2 Å². The summed E-state index contributed by atoms with van der Waals surface area (Å²) in [6.45, 7) is 8.49. The van der Waals surface area contributed by atoms with Gasteiger partial charge in [-0.15, -0.1) is 0 Å². The van der Waals surface area contributed by atoms with Crippen LogP contribution in [0.1, 0.15) is 22.3 Å². The van der Waals surface area contributed by atoms with E-state index in [9.17, 15) is 0 Å². The van der Waals surface area contributed by atoms with Gasteiger partial charge in [0, 0.05) is 10.8 Å². The molecule has 0 aromatic heterocycles. The molecule has 0 saturated carbocycles. The van der Waals surface area contributed by atoms with E-state index < -0.39 is 0 Å². The Balaban J connectivity index is 2.70. The van der Waals surface area contributed by atoms with Gasteiger partial charge < -0.3 is 9.47 Å². The molecule has 0 heterocycles. The minimum absolute atomic E-state index is 0.939. The highest BCUT2D eigenvalue weighted by molar-refractivity contribution is 6.15. The summed E-state index contributed by atoms with van der Waals surface area (Å²) in [7, 11) is 3.48. The Bertz CT molecular complexity index is 817. The van der Waals surface area contributed by atoms with Crippen molar-refractivity contribution in [2.24, 2.45) is 0 Å². The van der Waals surface area contributed by atoms with E-state index in [0.717, 1.165) is 33.4 Å². The highest BCUT2D eigenvalue weighted by Gasteiger charge is 2.17. The predicted molar refractivity (Wildman–Crippen MR) is 93.5 cm³/mol. The number of aryl methyl sites for hydroxylation is 4. The first-order valence-electron chi connectivity index (χ1n) is 7.54. The Kier molecular flexibility index (Phi) is 3.48. The molecular weight excluding hydrogens is 272 g/mol. The molecule has 0 spiro atoms. The summed E-state index contributed by atoms with van der Waals surface area (Å²) in [5.41, 5.74) is 4.83. The molecule has 0 N–H and O–H groups in total. The number of ether oxygens (including phenoxy) is 2. The first kappa shape index (κ1) is 14.7. The summed E-state index contributed by atoms with van der Waals surface area (Å²) in [6.07, 6.45) is 0. The molecule has 0 aliphatic rings. The Morgan fingerprint density at radius 1 is 0.591 bits per heavy atom. The molecule has 0 fully saturated rings. The molecule has 0 atom stereocenters. The van der Waals surface area contributed by atoms with Crippen molar-refractivity contribution >= 4 is 21.5 Å². The molecule has 2 heteroatoms. The Hall–Kier alpha value is -2.22. The molecule has 0 bridgehead atoms. The average molecular weight is 294 g/mol. The van der Waals surface area contributed by atoms with Crippen molar-refractivity contribution in [2.45, 2.75) is 27.7 Å². The van der Waals surface area contributed by atoms with E-state index in [1.807, 2.05) is 0 Å². The SMILES string of the molecule is COc1c(C)cc(C)c2ccc3c(C)cc(C)c(OC)c3c12. The van der Waals surface area contributed by atoms with E-state index in [1.54, 1.807) is 14.2 Å². The molecule has 0 unspecified atom stereocenters. The van der Waals surface area contributed by atoms with Gasteiger partial charge in [0.1, 0.15) is 11.5 Å². The quantitative estimate of drug-likeness (QED) is 0.601. The van der Waals surface area contributed by atoms with Gasteiger partial charge in [-0.25, -0.2) is 0 Å². The molecule has 2 nitrogen and oxygen atoms in total. The van der Waals surface area contributed by atoms with Gasteiger partial charge in [-0.05, 0) is 60.7 Å². The van der Waals surface area contributed by atoms with Crippen LogP contribution in [0, 0.1) is 27.7 Å². The lowest BCUT2D eigenvalue weighted by atomic mass is 9.92. The van der Waals surface area contributed by atoms with E-state index in [4.69, 9.17) is 9.47 Å². The van der Waals surface area contributed by atoms with E-state index in [1.165, 1.54) is 21.9 Å². The fourth-order valence-corrected chi connectivity index (χ4v) is 3.59. The number of benzene rings is 3. The topological polar surface area (TPSA) is 18.5 Å². The third-order valence-electron chi connectivity index (χ3n) is 4.50. The second-order valence-electron chi connectivity index (χ2n) is 6.00. The van der Waals surface area contributed by atoms with Crippen LogP contribution in [0.5, 0.6) is 11.5 Å². The van der Waals surface area contributed by atoms with Crippen LogP contribution in [0.25, 0.3) is 21.5 Å². The summed E-state index contributed by atoms with van der Waals surface area (Å²) in [5, 5.41) is 4.75. The van der Waals surface area contributed by atoms with Crippen LogP contribution in [-0.2, 0) is 0 Å². The summed E-state index contributed by atoms with van der Waals surface area (Å²) in [4.78, 5) is 0. The van der Waals surface area contributed by atoms with Crippen LogP contribution in [0.3, 0.4) is 0 Å². The molecular formula is C20H22O2. The summed E-state index contributed by atoms with van der Waals surface area (Å²) in [6, 6.07) is 8.75. The molecule has 3 aromatic rings. The molecule has 0 aliphatic carbocycles. The second-order valence-corrected chi connectivity index (χ2v) is 6.00. The normalized spacial score (nSPS) is 11.2. The molecule has 0 radical (unpaired) electrons. The molecule has 0 aliphatic heterocycles. The van der Waals surface area contributed by atoms with Crippen LogP contribution in [0.15, 0.2) is 24.3 Å². The van der Waals surface area contributed by atoms with Gasteiger partial charge in [-0.2, -0.15) is 0 Å². The highest BCUT2D eigenvalue weighted by atomic mass is 16.5. The van der Waals surface area contributed by atoms with Gasteiger partial charge >= 0.3 is 0 Å². The van der Waals surface area contributed by atoms with Crippen molar-refractivity contribution < 1.29 is 9.47 Å². The summed E-state index contributed by atoms with van der Waals surface area (Å²) in [5.74, 6) is 1.88. The fraction of sp³-hybridized carbons (Fsp3) is 0.300. The first-order valence-corrected chi connectivity index (χ1v) is 7.54. The highest BCUT2D eigenvalue weighted by Crippen LogP contribution is 2.43. The van der Waals surface area contributed by atoms with Crippen molar-refractivity contribution in [2.75, 3.05) is 14.2 Å². The third kappa shape index (κ3) is 1.94. The zero-order valence-electron chi connectivity index (χ0n) is 14.1. The zero-order valence-corrected chi connectivity index (χ0v) is 14.1. The van der Waals surface area contributed by atoms with E-state index in [0.29, 0.717) is 0 Å². The Labute approximate surface area is 131 Å². The molecule has 0 amide bonds. The van der Waals surface area contributed by atoms with Crippen molar-refractivity contribution in [1.29, 1.82) is 0 Å². The molecule has 3 rings (SSSR count). The van der Waals surface area contributed by atoms with Gasteiger partial charge in [0.2, 0.25) is 0 Å². The van der Waals surface area contributed by atoms with Crippen molar-refractivity contribution in [3.8, 4) is 11.5 Å². The third-order valence-corrected chi connectivity index (χ3v) is 4.50. The van der Waals surface area contributed by atoms with Crippen LogP contribution >= 0.6 is 0 Å². The fourth-order valence-electron chi connectivity index (χ4n) is 3.59. The molecule has 114 valence electrons. The number of fused-ring (bicyclic) bond motifs is 3. The number of hydrogen-bond acceptors (Lipinski definition) is 2. The van der Waals surface area contributed by atoms with Crippen LogP contribution in [-0.4, -0.2) is 14.2 Å². The minimum atomic E-state index is 0.939. The molecule has 3 aromatic carbocycles. The van der Waals surface area contributed by atoms with E-state index in [2.05, 4.69) is 52.0 Å². The second kappa shape index (κ2) is 5.20. The maximum absolute atomic E-state index is 5.75. The maximum Gasteiger partial charge on any atom is 0.130 e.